The molecule has 1 atom stereocenters. The van der Waals surface area contributed by atoms with Gasteiger partial charge >= 0.3 is 0 Å². The number of rotatable bonds is 2. The van der Waals surface area contributed by atoms with Gasteiger partial charge in [0.15, 0.2) is 5.79 Å². The Morgan fingerprint density at radius 2 is 2.08 bits per heavy atom. The fraction of sp³-hybridized carbons (Fsp3) is 0.474. The summed E-state index contributed by atoms with van der Waals surface area (Å²) in [5.74, 6) is -0.381. The number of nitriles is 1. The lowest BCUT2D eigenvalue weighted by atomic mass is 9.94. The summed E-state index contributed by atoms with van der Waals surface area (Å²) >= 11 is 0. The zero-order valence-corrected chi connectivity index (χ0v) is 13.9. The van der Waals surface area contributed by atoms with Crippen LogP contribution >= 0.6 is 0 Å². The highest BCUT2D eigenvalue weighted by molar-refractivity contribution is 5.61. The Hall–Kier alpha value is -2.16. The molecule has 124 valence electrons. The van der Waals surface area contributed by atoms with Gasteiger partial charge in [0.25, 0.3) is 0 Å². The summed E-state index contributed by atoms with van der Waals surface area (Å²) in [5, 5.41) is 13.7. The van der Waals surface area contributed by atoms with Crippen molar-refractivity contribution in [1.29, 1.82) is 5.26 Å². The first-order valence-corrected chi connectivity index (χ1v) is 8.55. The molecular weight excluding hydrogens is 302 g/mol. The molecule has 2 fully saturated rings. The third-order valence-corrected chi connectivity index (χ3v) is 5.00. The number of aryl methyl sites for hydroxylation is 1. The molecule has 0 N–H and O–H groups in total. The quantitative estimate of drug-likeness (QED) is 0.845. The summed E-state index contributed by atoms with van der Waals surface area (Å²) < 4.78 is 14.2. The van der Waals surface area contributed by atoms with Gasteiger partial charge in [-0.2, -0.15) is 10.4 Å². The van der Waals surface area contributed by atoms with E-state index in [0.29, 0.717) is 12.2 Å². The van der Waals surface area contributed by atoms with E-state index >= 15 is 0 Å². The predicted octanol–water partition coefficient (Wildman–Crippen LogP) is 3.71. The van der Waals surface area contributed by atoms with Gasteiger partial charge in [0.2, 0.25) is 0 Å². The van der Waals surface area contributed by atoms with Gasteiger partial charge in [-0.1, -0.05) is 18.6 Å². The van der Waals surface area contributed by atoms with Crippen molar-refractivity contribution in [2.45, 2.75) is 44.0 Å². The molecule has 1 saturated heterocycles. The maximum absolute atomic E-state index is 9.07. The van der Waals surface area contributed by atoms with Gasteiger partial charge < -0.3 is 9.47 Å². The zero-order chi connectivity index (χ0) is 16.6. The third kappa shape index (κ3) is 2.72. The smallest absolute Gasteiger partial charge is 0.169 e. The molecule has 4 rings (SSSR count). The second-order valence-corrected chi connectivity index (χ2v) is 6.66. The topological polar surface area (TPSA) is 60.1 Å². The van der Waals surface area contributed by atoms with Crippen LogP contribution in [0, 0.1) is 11.3 Å². The minimum Gasteiger partial charge on any atom is -0.347 e. The second-order valence-electron chi connectivity index (χ2n) is 6.66. The zero-order valence-electron chi connectivity index (χ0n) is 13.9. The fourth-order valence-electron chi connectivity index (χ4n) is 3.73. The van der Waals surface area contributed by atoms with Crippen LogP contribution in [0.5, 0.6) is 0 Å². The van der Waals surface area contributed by atoms with Gasteiger partial charge in [0, 0.05) is 25.5 Å². The maximum atomic E-state index is 9.07. The van der Waals surface area contributed by atoms with Gasteiger partial charge in [0.05, 0.1) is 29.6 Å². The molecule has 1 saturated carbocycles. The average Bonchev–Trinajstić information content (AvgIpc) is 3.19. The molecule has 5 nitrogen and oxygen atoms in total. The summed E-state index contributed by atoms with van der Waals surface area (Å²) in [6.07, 6.45) is 5.50. The molecule has 1 aliphatic heterocycles. The van der Waals surface area contributed by atoms with E-state index in [2.05, 4.69) is 11.2 Å². The van der Waals surface area contributed by atoms with Crippen LogP contribution < -0.4 is 0 Å². The van der Waals surface area contributed by atoms with Gasteiger partial charge in [-0.15, -0.1) is 0 Å². The van der Waals surface area contributed by atoms with Crippen LogP contribution in [0.2, 0.25) is 0 Å². The number of ether oxygens (including phenoxy) is 2. The lowest BCUT2D eigenvalue weighted by Crippen LogP contribution is -2.32. The number of hydrogen-bond acceptors (Lipinski definition) is 4. The highest BCUT2D eigenvalue weighted by atomic mass is 16.7. The van der Waals surface area contributed by atoms with E-state index in [9.17, 15) is 0 Å². The Morgan fingerprint density at radius 1 is 1.25 bits per heavy atom. The fourth-order valence-corrected chi connectivity index (χ4v) is 3.73. The Morgan fingerprint density at radius 3 is 2.88 bits per heavy atom. The van der Waals surface area contributed by atoms with E-state index in [1.165, 1.54) is 19.3 Å². The molecule has 2 aromatic rings. The molecule has 2 heterocycles. The minimum absolute atomic E-state index is 0.0755. The van der Waals surface area contributed by atoms with E-state index in [1.54, 1.807) is 6.07 Å². The van der Waals surface area contributed by atoms with E-state index in [1.807, 2.05) is 36.0 Å². The number of aromatic nitrogens is 2. The molecule has 1 unspecified atom stereocenters. The Kier molecular flexibility index (Phi) is 3.87. The van der Waals surface area contributed by atoms with Crippen molar-refractivity contribution in [3.05, 3.63) is 41.6 Å². The summed E-state index contributed by atoms with van der Waals surface area (Å²) in [6, 6.07) is 11.7. The maximum Gasteiger partial charge on any atom is 0.169 e. The van der Waals surface area contributed by atoms with Crippen LogP contribution in [0.4, 0.5) is 0 Å². The first-order valence-electron chi connectivity index (χ1n) is 8.55. The predicted molar refractivity (Wildman–Crippen MR) is 89.0 cm³/mol. The van der Waals surface area contributed by atoms with Crippen LogP contribution in [0.1, 0.15) is 49.5 Å². The number of benzene rings is 1. The van der Waals surface area contributed by atoms with Crippen LogP contribution in [0.15, 0.2) is 30.3 Å². The molecule has 0 radical (unpaired) electrons. The lowest BCUT2D eigenvalue weighted by Gasteiger charge is -2.31. The van der Waals surface area contributed by atoms with Crippen molar-refractivity contribution < 1.29 is 9.47 Å². The third-order valence-electron chi connectivity index (χ3n) is 5.00. The first-order chi connectivity index (χ1) is 11.7. The number of nitrogens with zero attached hydrogens (tertiary/aromatic N) is 3. The molecule has 1 aromatic carbocycles. The highest BCUT2D eigenvalue weighted by Crippen LogP contribution is 2.42. The molecule has 1 aromatic heterocycles. The lowest BCUT2D eigenvalue weighted by molar-refractivity contribution is -0.188. The van der Waals surface area contributed by atoms with Gasteiger partial charge in [-0.05, 0) is 31.0 Å². The van der Waals surface area contributed by atoms with Crippen LogP contribution in [-0.4, -0.2) is 22.2 Å². The summed E-state index contributed by atoms with van der Waals surface area (Å²) in [7, 11) is 1.93. The average molecular weight is 323 g/mol. The van der Waals surface area contributed by atoms with Crippen molar-refractivity contribution >= 4 is 0 Å². The molecular formula is C19H21N3O2. The van der Waals surface area contributed by atoms with E-state index in [4.69, 9.17) is 14.7 Å². The molecule has 1 spiro atoms. The van der Waals surface area contributed by atoms with Crippen molar-refractivity contribution in [2.75, 3.05) is 6.61 Å². The highest BCUT2D eigenvalue weighted by Gasteiger charge is 2.43. The standard InChI is InChI=1S/C19H21N3O2/c1-22-17(18-13-23-19(24-18)8-3-2-4-9-19)11-16(21-22)15-7-5-6-14(10-15)12-20/h5-7,10-11,18H,2-4,8-9,13H2,1H3. The van der Waals surface area contributed by atoms with E-state index < -0.39 is 0 Å². The largest absolute Gasteiger partial charge is 0.347 e. The van der Waals surface area contributed by atoms with Crippen molar-refractivity contribution in [3.8, 4) is 17.3 Å². The van der Waals surface area contributed by atoms with Crippen LogP contribution in [0.3, 0.4) is 0 Å². The summed E-state index contributed by atoms with van der Waals surface area (Å²) in [5.41, 5.74) is 3.47. The van der Waals surface area contributed by atoms with Crippen molar-refractivity contribution in [1.82, 2.24) is 9.78 Å². The monoisotopic (exact) mass is 323 g/mol. The summed E-state index contributed by atoms with van der Waals surface area (Å²) in [6.45, 7) is 0.581. The van der Waals surface area contributed by atoms with Crippen molar-refractivity contribution in [2.24, 2.45) is 7.05 Å². The van der Waals surface area contributed by atoms with Gasteiger partial charge in [0.1, 0.15) is 6.10 Å². The minimum atomic E-state index is -0.381. The molecule has 0 bridgehead atoms. The Bertz CT molecular complexity index is 784. The Balaban J connectivity index is 1.59. The molecule has 24 heavy (non-hydrogen) atoms. The SMILES string of the molecule is Cn1nc(-c2cccc(C#N)c2)cc1C1COC2(CCCCC2)O1. The van der Waals surface area contributed by atoms with Crippen LogP contribution in [-0.2, 0) is 16.5 Å². The van der Waals surface area contributed by atoms with E-state index in [0.717, 1.165) is 29.8 Å². The molecule has 2 aliphatic rings. The van der Waals surface area contributed by atoms with Crippen molar-refractivity contribution in [3.63, 3.8) is 0 Å². The molecule has 1 aliphatic carbocycles. The first kappa shape index (κ1) is 15.4. The Labute approximate surface area is 141 Å². The van der Waals surface area contributed by atoms with E-state index in [-0.39, 0.29) is 11.9 Å². The normalized spacial score (nSPS) is 22.6. The van der Waals surface area contributed by atoms with Gasteiger partial charge in [-0.25, -0.2) is 0 Å². The molecule has 0 amide bonds. The summed E-state index contributed by atoms with van der Waals surface area (Å²) in [4.78, 5) is 0. The molecule has 5 heteroatoms. The van der Waals surface area contributed by atoms with Crippen LogP contribution in [0.25, 0.3) is 11.3 Å². The second kappa shape index (κ2) is 6.04. The van der Waals surface area contributed by atoms with Gasteiger partial charge in [-0.3, -0.25) is 4.68 Å². The number of hydrogen-bond donors (Lipinski definition) is 0.